The van der Waals surface area contributed by atoms with Crippen LogP contribution in [-0.4, -0.2) is 60.8 Å². The number of unbranched alkanes of at least 4 members (excludes halogenated alkanes) is 14. The van der Waals surface area contributed by atoms with E-state index in [1.807, 2.05) is 0 Å². The maximum absolute atomic E-state index is 5.78. The summed E-state index contributed by atoms with van der Waals surface area (Å²) in [6, 6.07) is 2.37. The van der Waals surface area contributed by atoms with Gasteiger partial charge in [0.1, 0.15) is 0 Å². The highest BCUT2D eigenvalue weighted by Gasteiger charge is 2.43. The van der Waals surface area contributed by atoms with Gasteiger partial charge in [0.15, 0.2) is 0 Å². The van der Waals surface area contributed by atoms with Crippen molar-refractivity contribution in [2.75, 3.05) is 35.4 Å². The van der Waals surface area contributed by atoms with E-state index in [1.165, 1.54) is 128 Å². The summed E-state index contributed by atoms with van der Waals surface area (Å²) >= 11 is 0. The summed E-state index contributed by atoms with van der Waals surface area (Å²) in [6.45, 7) is 4.73. The van der Waals surface area contributed by atoms with Crippen LogP contribution in [0.1, 0.15) is 149 Å². The van der Waals surface area contributed by atoms with Crippen molar-refractivity contribution in [2.24, 2.45) is 5.92 Å². The molecule has 38 heavy (non-hydrogen) atoms. The first-order valence-corrected chi connectivity index (χ1v) is 18.3. The van der Waals surface area contributed by atoms with E-state index in [-0.39, 0.29) is 12.4 Å². The molecule has 0 amide bonds. The minimum Gasteiger partial charge on any atom is -1.00 e. The zero-order valence-corrected chi connectivity index (χ0v) is 28.6. The van der Waals surface area contributed by atoms with E-state index < -0.39 is 8.80 Å². The molecule has 1 fully saturated rings. The van der Waals surface area contributed by atoms with Crippen LogP contribution in [0.5, 0.6) is 0 Å². The van der Waals surface area contributed by atoms with Gasteiger partial charge in [-0.05, 0) is 44.4 Å². The Morgan fingerprint density at radius 2 is 1.03 bits per heavy atom. The fourth-order valence-electron chi connectivity index (χ4n) is 6.67. The molecule has 1 atom stereocenters. The van der Waals surface area contributed by atoms with Gasteiger partial charge in [-0.2, -0.15) is 0 Å². The van der Waals surface area contributed by atoms with Crippen LogP contribution in [0, 0.1) is 5.92 Å². The molecule has 0 bridgehead atoms. The first kappa shape index (κ1) is 38.3. The molecule has 0 spiro atoms. The summed E-state index contributed by atoms with van der Waals surface area (Å²) in [7, 11) is 7.76. The second kappa shape index (κ2) is 23.0. The van der Waals surface area contributed by atoms with Gasteiger partial charge in [0.25, 0.3) is 0 Å². The molecule has 0 aromatic heterocycles. The van der Waals surface area contributed by atoms with Gasteiger partial charge in [-0.3, -0.25) is 0 Å². The minimum absolute atomic E-state index is 0. The third-order valence-electron chi connectivity index (χ3n) is 9.73. The van der Waals surface area contributed by atoms with Crippen molar-refractivity contribution < 1.29 is 30.2 Å². The molecule has 1 saturated carbocycles. The predicted octanol–water partition coefficient (Wildman–Crippen LogP) is 6.54. The van der Waals surface area contributed by atoms with Crippen molar-refractivity contribution in [1.29, 1.82) is 0 Å². The molecule has 230 valence electrons. The van der Waals surface area contributed by atoms with E-state index in [4.69, 9.17) is 13.3 Å². The topological polar surface area (TPSA) is 27.7 Å². The van der Waals surface area contributed by atoms with Crippen LogP contribution < -0.4 is 12.4 Å². The van der Waals surface area contributed by atoms with Crippen molar-refractivity contribution in [1.82, 2.24) is 0 Å². The second-order valence-corrected chi connectivity index (χ2v) is 15.9. The Balaban J connectivity index is 0.0000137. The van der Waals surface area contributed by atoms with E-state index in [0.29, 0.717) is 6.04 Å². The van der Waals surface area contributed by atoms with Gasteiger partial charge in [0, 0.05) is 33.8 Å². The molecule has 1 rings (SSSR count). The van der Waals surface area contributed by atoms with E-state index in [2.05, 4.69) is 27.9 Å². The van der Waals surface area contributed by atoms with Crippen molar-refractivity contribution in [3.05, 3.63) is 0 Å². The number of hydrogen-bond donors (Lipinski definition) is 0. The smallest absolute Gasteiger partial charge is 0.500 e. The number of rotatable bonds is 24. The zero-order valence-electron chi connectivity index (χ0n) is 26.8. The quantitative estimate of drug-likeness (QED) is 0.0740. The highest BCUT2D eigenvalue weighted by molar-refractivity contribution is 6.60. The van der Waals surface area contributed by atoms with E-state index in [9.17, 15) is 0 Å². The molecule has 1 aliphatic carbocycles. The maximum atomic E-state index is 5.78. The molecule has 0 heterocycles. The van der Waals surface area contributed by atoms with Gasteiger partial charge in [0.05, 0.1) is 26.2 Å². The summed E-state index contributed by atoms with van der Waals surface area (Å²) in [6.07, 6.45) is 29.4. The van der Waals surface area contributed by atoms with Gasteiger partial charge in [-0.25, -0.2) is 0 Å². The number of nitrogens with zero attached hydrogens (tertiary/aromatic N) is 1. The fourth-order valence-corrected chi connectivity index (χ4v) is 8.47. The van der Waals surface area contributed by atoms with Gasteiger partial charge in [-0.1, -0.05) is 104 Å². The lowest BCUT2D eigenvalue weighted by Crippen LogP contribution is -3.00. The molecule has 6 heteroatoms. The minimum atomic E-state index is -2.52. The lowest BCUT2D eigenvalue weighted by atomic mass is 9.84. The molecule has 0 aliphatic heterocycles. The molecular formula is C32H68ClNO3Si. The average molecular weight is 578 g/mol. The summed E-state index contributed by atoms with van der Waals surface area (Å²) in [5.41, 5.74) is 0. The van der Waals surface area contributed by atoms with E-state index in [0.717, 1.165) is 28.9 Å². The fraction of sp³-hybridized carbons (Fsp3) is 1.00. The highest BCUT2D eigenvalue weighted by Crippen LogP contribution is 2.34. The second-order valence-electron chi connectivity index (χ2n) is 12.8. The summed E-state index contributed by atoms with van der Waals surface area (Å²) in [5.74, 6) is 0.904. The van der Waals surface area contributed by atoms with Crippen molar-refractivity contribution in [3.8, 4) is 0 Å². The van der Waals surface area contributed by atoms with Gasteiger partial charge in [0.2, 0.25) is 0 Å². The molecule has 1 unspecified atom stereocenters. The Bertz CT molecular complexity index is 517. The number of hydrogen-bond acceptors (Lipinski definition) is 3. The van der Waals surface area contributed by atoms with Crippen LogP contribution in [0.4, 0.5) is 0 Å². The molecule has 0 aromatic carbocycles. The van der Waals surface area contributed by atoms with Crippen molar-refractivity contribution >= 4 is 8.80 Å². The Hall–Kier alpha value is 0.347. The summed E-state index contributed by atoms with van der Waals surface area (Å²) in [4.78, 5) is 0. The maximum Gasteiger partial charge on any atom is 0.500 e. The van der Waals surface area contributed by atoms with Crippen LogP contribution >= 0.6 is 0 Å². The monoisotopic (exact) mass is 577 g/mol. The van der Waals surface area contributed by atoms with Crippen LogP contribution in [0.25, 0.3) is 0 Å². The van der Waals surface area contributed by atoms with Gasteiger partial charge in [-0.15, -0.1) is 0 Å². The lowest BCUT2D eigenvalue weighted by molar-refractivity contribution is -0.940. The lowest BCUT2D eigenvalue weighted by Gasteiger charge is -2.47. The summed E-state index contributed by atoms with van der Waals surface area (Å²) in [5, 5.41) is 0. The highest BCUT2D eigenvalue weighted by atomic mass is 35.5. The molecule has 0 aromatic rings. The van der Waals surface area contributed by atoms with Crippen LogP contribution in [-0.2, 0) is 13.3 Å². The molecule has 0 radical (unpaired) electrons. The number of halogens is 1. The van der Waals surface area contributed by atoms with Crippen molar-refractivity contribution in [3.63, 3.8) is 0 Å². The molecular weight excluding hydrogens is 510 g/mol. The predicted molar refractivity (Wildman–Crippen MR) is 163 cm³/mol. The zero-order chi connectivity index (χ0) is 27.4. The molecule has 1 aliphatic rings. The Morgan fingerprint density at radius 3 is 1.42 bits per heavy atom. The Kier molecular flexibility index (Phi) is 23.2. The molecule has 0 saturated heterocycles. The SMILES string of the molecule is CCCCCCCCCCCCCCCCCC(CC[Si](OC)(OC)OC)[N+](C)(C)C1CCC(C)CC1.[Cl-]. The first-order valence-electron chi connectivity index (χ1n) is 16.3. The van der Waals surface area contributed by atoms with Crippen LogP contribution in [0.3, 0.4) is 0 Å². The average Bonchev–Trinajstić information content (AvgIpc) is 2.90. The summed E-state index contributed by atoms with van der Waals surface area (Å²) < 4.78 is 18.5. The largest absolute Gasteiger partial charge is 1.00 e. The first-order chi connectivity index (χ1) is 17.8. The standard InChI is InChI=1S/C32H68NO3Si.ClH/c1-8-9-10-11-12-13-14-15-16-17-18-19-20-21-22-23-31(28-29-37(34-5,35-6)36-7)33(3,4)32-26-24-30(2)25-27-32;/h30-32H,8-29H2,1-7H3;1H/q+1;/p-1. The van der Waals surface area contributed by atoms with Crippen molar-refractivity contribution in [2.45, 2.75) is 167 Å². The molecule has 4 nitrogen and oxygen atoms in total. The van der Waals surface area contributed by atoms with E-state index in [1.54, 1.807) is 21.3 Å². The number of quaternary nitrogens is 1. The van der Waals surface area contributed by atoms with Gasteiger partial charge >= 0.3 is 8.80 Å². The third kappa shape index (κ3) is 15.4. The third-order valence-corrected chi connectivity index (χ3v) is 12.5. The van der Waals surface area contributed by atoms with E-state index >= 15 is 0 Å². The van der Waals surface area contributed by atoms with Gasteiger partial charge < -0.3 is 30.2 Å². The van der Waals surface area contributed by atoms with Crippen LogP contribution in [0.2, 0.25) is 6.04 Å². The Morgan fingerprint density at radius 1 is 0.632 bits per heavy atom. The van der Waals surface area contributed by atoms with Crippen LogP contribution in [0.15, 0.2) is 0 Å². The normalized spacial score (nSPS) is 19.3. The molecule has 0 N–H and O–H groups in total. The Labute approximate surface area is 246 Å².